The Morgan fingerprint density at radius 3 is 2.17 bits per heavy atom. The second-order valence-corrected chi connectivity index (χ2v) is 4.07. The molecule has 0 fully saturated rings. The van der Waals surface area contributed by atoms with Gasteiger partial charge in [0.15, 0.2) is 0 Å². The third kappa shape index (κ3) is 5.90. The van der Waals surface area contributed by atoms with Crippen molar-refractivity contribution in [3.8, 4) is 0 Å². The predicted octanol–water partition coefficient (Wildman–Crippen LogP) is 2.82. The Hall–Kier alpha value is 0.310. The highest BCUT2D eigenvalue weighted by molar-refractivity contribution is 7.80. The van der Waals surface area contributed by atoms with Crippen LogP contribution >= 0.6 is 12.6 Å². The Kier molecular flexibility index (Phi) is 8.14. The summed E-state index contributed by atoms with van der Waals surface area (Å²) in [5, 5.41) is 0. The summed E-state index contributed by atoms with van der Waals surface area (Å²) in [6, 6.07) is 0.775. The SMILES string of the molecule is CCCCC(CCCS)N(C)C. The van der Waals surface area contributed by atoms with Crippen LogP contribution in [-0.4, -0.2) is 30.8 Å². The first kappa shape index (κ1) is 12.3. The van der Waals surface area contributed by atoms with Crippen LogP contribution in [0.3, 0.4) is 0 Å². The number of hydrogen-bond acceptors (Lipinski definition) is 2. The molecule has 0 aromatic heterocycles. The summed E-state index contributed by atoms with van der Waals surface area (Å²) in [6.07, 6.45) is 6.56. The fourth-order valence-electron chi connectivity index (χ4n) is 1.43. The fourth-order valence-corrected chi connectivity index (χ4v) is 1.61. The quantitative estimate of drug-likeness (QED) is 0.603. The minimum absolute atomic E-state index is 0.775. The molecule has 0 aromatic rings. The van der Waals surface area contributed by atoms with E-state index in [1.54, 1.807) is 0 Å². The molecule has 0 heterocycles. The average Bonchev–Trinajstić information content (AvgIpc) is 2.04. The molecule has 0 amide bonds. The van der Waals surface area contributed by atoms with Gasteiger partial charge in [0.1, 0.15) is 0 Å². The van der Waals surface area contributed by atoms with Crippen LogP contribution in [0.15, 0.2) is 0 Å². The smallest absolute Gasteiger partial charge is 0.00894 e. The van der Waals surface area contributed by atoms with E-state index >= 15 is 0 Å². The molecule has 0 saturated heterocycles. The largest absolute Gasteiger partial charge is 0.306 e. The molecule has 12 heavy (non-hydrogen) atoms. The van der Waals surface area contributed by atoms with Gasteiger partial charge in [0.05, 0.1) is 0 Å². The number of hydrogen-bond donors (Lipinski definition) is 1. The molecule has 2 heteroatoms. The average molecular weight is 189 g/mol. The second-order valence-electron chi connectivity index (χ2n) is 3.63. The van der Waals surface area contributed by atoms with Gasteiger partial charge in [-0.05, 0) is 39.1 Å². The van der Waals surface area contributed by atoms with Crippen LogP contribution in [-0.2, 0) is 0 Å². The summed E-state index contributed by atoms with van der Waals surface area (Å²) >= 11 is 4.24. The molecule has 74 valence electrons. The molecule has 0 rings (SSSR count). The molecule has 0 spiro atoms. The van der Waals surface area contributed by atoms with Crippen LogP contribution in [0.5, 0.6) is 0 Å². The molecule has 0 bridgehead atoms. The van der Waals surface area contributed by atoms with E-state index in [0.29, 0.717) is 0 Å². The van der Waals surface area contributed by atoms with Crippen LogP contribution in [0.25, 0.3) is 0 Å². The Balaban J connectivity index is 3.55. The molecular weight excluding hydrogens is 166 g/mol. The molecule has 0 N–H and O–H groups in total. The van der Waals surface area contributed by atoms with Crippen molar-refractivity contribution < 1.29 is 0 Å². The standard InChI is InChI=1S/C10H23NS/c1-4-5-7-10(11(2)3)8-6-9-12/h10,12H,4-9H2,1-3H3. The summed E-state index contributed by atoms with van der Waals surface area (Å²) in [6.45, 7) is 2.26. The number of rotatable bonds is 7. The van der Waals surface area contributed by atoms with Crippen LogP contribution in [0.1, 0.15) is 39.0 Å². The molecule has 0 aliphatic carbocycles. The van der Waals surface area contributed by atoms with Crippen molar-refractivity contribution in [2.24, 2.45) is 0 Å². The maximum atomic E-state index is 4.24. The van der Waals surface area contributed by atoms with Gasteiger partial charge in [-0.2, -0.15) is 12.6 Å². The van der Waals surface area contributed by atoms with Gasteiger partial charge < -0.3 is 4.90 Å². The summed E-state index contributed by atoms with van der Waals surface area (Å²) in [4.78, 5) is 2.35. The zero-order valence-corrected chi connectivity index (χ0v) is 9.61. The van der Waals surface area contributed by atoms with E-state index < -0.39 is 0 Å². The predicted molar refractivity (Wildman–Crippen MR) is 60.1 cm³/mol. The molecular formula is C10H23NS. The maximum Gasteiger partial charge on any atom is 0.00894 e. The van der Waals surface area contributed by atoms with Gasteiger partial charge in [-0.3, -0.25) is 0 Å². The third-order valence-corrected chi connectivity index (χ3v) is 2.63. The number of unbranched alkanes of at least 4 members (excludes halogenated alkanes) is 1. The first-order valence-corrected chi connectivity index (χ1v) is 5.62. The van der Waals surface area contributed by atoms with Crippen molar-refractivity contribution in [1.29, 1.82) is 0 Å². The molecule has 1 unspecified atom stereocenters. The van der Waals surface area contributed by atoms with Gasteiger partial charge in [0.25, 0.3) is 0 Å². The van der Waals surface area contributed by atoms with E-state index in [2.05, 4.69) is 38.5 Å². The number of thiol groups is 1. The van der Waals surface area contributed by atoms with Gasteiger partial charge >= 0.3 is 0 Å². The van der Waals surface area contributed by atoms with E-state index in [4.69, 9.17) is 0 Å². The topological polar surface area (TPSA) is 3.24 Å². The molecule has 0 radical (unpaired) electrons. The lowest BCUT2D eigenvalue weighted by Crippen LogP contribution is -2.27. The summed E-state index contributed by atoms with van der Waals surface area (Å²) in [5.74, 6) is 1.02. The summed E-state index contributed by atoms with van der Waals surface area (Å²) in [5.41, 5.74) is 0. The van der Waals surface area contributed by atoms with Crippen molar-refractivity contribution in [3.05, 3.63) is 0 Å². The van der Waals surface area contributed by atoms with Gasteiger partial charge in [0.2, 0.25) is 0 Å². The van der Waals surface area contributed by atoms with E-state index in [1.165, 1.54) is 32.1 Å². The van der Waals surface area contributed by atoms with Crippen molar-refractivity contribution in [2.45, 2.75) is 45.1 Å². The van der Waals surface area contributed by atoms with Crippen LogP contribution in [0.4, 0.5) is 0 Å². The highest BCUT2D eigenvalue weighted by Crippen LogP contribution is 2.11. The Morgan fingerprint density at radius 2 is 1.75 bits per heavy atom. The third-order valence-electron chi connectivity index (χ3n) is 2.32. The van der Waals surface area contributed by atoms with Crippen LogP contribution in [0.2, 0.25) is 0 Å². The van der Waals surface area contributed by atoms with E-state index in [0.717, 1.165) is 11.8 Å². The lowest BCUT2D eigenvalue weighted by molar-refractivity contribution is 0.258. The summed E-state index contributed by atoms with van der Waals surface area (Å²) in [7, 11) is 4.36. The van der Waals surface area contributed by atoms with Crippen molar-refractivity contribution in [3.63, 3.8) is 0 Å². The first-order chi connectivity index (χ1) is 5.72. The van der Waals surface area contributed by atoms with Gasteiger partial charge in [-0.15, -0.1) is 0 Å². The van der Waals surface area contributed by atoms with Crippen LogP contribution in [0, 0.1) is 0 Å². The molecule has 0 aliphatic rings. The van der Waals surface area contributed by atoms with Gasteiger partial charge in [-0.25, -0.2) is 0 Å². The lowest BCUT2D eigenvalue weighted by atomic mass is 10.0. The van der Waals surface area contributed by atoms with Crippen molar-refractivity contribution in [2.75, 3.05) is 19.8 Å². The van der Waals surface area contributed by atoms with E-state index in [-0.39, 0.29) is 0 Å². The minimum Gasteiger partial charge on any atom is -0.306 e. The van der Waals surface area contributed by atoms with Gasteiger partial charge in [-0.1, -0.05) is 19.8 Å². The van der Waals surface area contributed by atoms with Crippen molar-refractivity contribution >= 4 is 12.6 Å². The highest BCUT2D eigenvalue weighted by Gasteiger charge is 2.08. The van der Waals surface area contributed by atoms with E-state index in [1.807, 2.05) is 0 Å². The highest BCUT2D eigenvalue weighted by atomic mass is 32.1. The molecule has 1 nitrogen and oxygen atoms in total. The fraction of sp³-hybridized carbons (Fsp3) is 1.00. The Bertz CT molecular complexity index is 85.8. The minimum atomic E-state index is 0.775. The zero-order valence-electron chi connectivity index (χ0n) is 8.71. The summed E-state index contributed by atoms with van der Waals surface area (Å²) < 4.78 is 0. The second kappa shape index (κ2) is 7.93. The van der Waals surface area contributed by atoms with Crippen molar-refractivity contribution in [1.82, 2.24) is 4.90 Å². The molecule has 1 atom stereocenters. The number of nitrogens with zero attached hydrogens (tertiary/aromatic N) is 1. The molecule has 0 aromatic carbocycles. The normalized spacial score (nSPS) is 13.8. The lowest BCUT2D eigenvalue weighted by Gasteiger charge is -2.23. The maximum absolute atomic E-state index is 4.24. The van der Waals surface area contributed by atoms with E-state index in [9.17, 15) is 0 Å². The monoisotopic (exact) mass is 189 g/mol. The molecule has 0 aliphatic heterocycles. The zero-order chi connectivity index (χ0) is 9.40. The Labute approximate surface area is 82.9 Å². The van der Waals surface area contributed by atoms with Crippen LogP contribution < -0.4 is 0 Å². The molecule has 0 saturated carbocycles. The first-order valence-electron chi connectivity index (χ1n) is 4.99. The van der Waals surface area contributed by atoms with Gasteiger partial charge in [0, 0.05) is 6.04 Å². The Morgan fingerprint density at radius 1 is 1.17 bits per heavy atom.